The Balaban J connectivity index is 1.41. The summed E-state index contributed by atoms with van der Waals surface area (Å²) >= 11 is 0. The summed E-state index contributed by atoms with van der Waals surface area (Å²) < 4.78 is 5.22. The molecule has 10 heteroatoms. The number of ether oxygens (including phenoxy) is 1. The van der Waals surface area contributed by atoms with Crippen LogP contribution >= 0.6 is 0 Å². The SMILES string of the molecule is COc1ccc(CC2(C(=O)NC(Cc3ccc(NC(=O)c4ccc([N+](=O)[O-])cc4C)cc3)C(=O)O)CCCC2)cc1. The molecule has 214 valence electrons. The highest BCUT2D eigenvalue weighted by Crippen LogP contribution is 2.41. The molecular weight excluding hydrogens is 526 g/mol. The number of nitrogens with zero attached hydrogens (tertiary/aromatic N) is 1. The van der Waals surface area contributed by atoms with E-state index in [9.17, 15) is 29.6 Å². The minimum atomic E-state index is -1.12. The molecule has 1 fully saturated rings. The Hall–Kier alpha value is -4.73. The third-order valence-corrected chi connectivity index (χ3v) is 7.66. The molecule has 0 bridgehead atoms. The van der Waals surface area contributed by atoms with Crippen LogP contribution in [0.5, 0.6) is 5.75 Å². The molecule has 1 saturated carbocycles. The molecule has 10 nitrogen and oxygen atoms in total. The van der Waals surface area contributed by atoms with E-state index in [0.717, 1.165) is 24.2 Å². The average molecular weight is 560 g/mol. The number of amides is 2. The number of non-ortho nitro benzene ring substituents is 1. The number of hydrogen-bond donors (Lipinski definition) is 3. The average Bonchev–Trinajstić information content (AvgIpc) is 3.43. The number of aliphatic carboxylic acids is 1. The number of carboxylic acid groups (broad SMARTS) is 1. The molecule has 41 heavy (non-hydrogen) atoms. The molecule has 0 heterocycles. The fourth-order valence-corrected chi connectivity index (χ4v) is 5.36. The van der Waals surface area contributed by atoms with Crippen LogP contribution in [0.15, 0.2) is 66.7 Å². The third-order valence-electron chi connectivity index (χ3n) is 7.66. The van der Waals surface area contributed by atoms with Gasteiger partial charge in [-0.15, -0.1) is 0 Å². The van der Waals surface area contributed by atoms with E-state index in [4.69, 9.17) is 4.74 Å². The van der Waals surface area contributed by atoms with E-state index in [1.54, 1.807) is 38.3 Å². The minimum Gasteiger partial charge on any atom is -0.497 e. The van der Waals surface area contributed by atoms with E-state index >= 15 is 0 Å². The first-order chi connectivity index (χ1) is 19.6. The number of hydrogen-bond acceptors (Lipinski definition) is 6. The van der Waals surface area contributed by atoms with E-state index in [2.05, 4.69) is 10.6 Å². The van der Waals surface area contributed by atoms with Crippen LogP contribution in [0.1, 0.15) is 52.7 Å². The smallest absolute Gasteiger partial charge is 0.326 e. The van der Waals surface area contributed by atoms with Gasteiger partial charge in [-0.3, -0.25) is 19.7 Å². The van der Waals surface area contributed by atoms with Crippen molar-refractivity contribution in [2.24, 2.45) is 5.41 Å². The van der Waals surface area contributed by atoms with Gasteiger partial charge >= 0.3 is 5.97 Å². The van der Waals surface area contributed by atoms with Gasteiger partial charge in [-0.1, -0.05) is 37.1 Å². The van der Waals surface area contributed by atoms with Crippen molar-refractivity contribution in [3.63, 3.8) is 0 Å². The number of aryl methyl sites for hydroxylation is 1. The predicted molar refractivity (Wildman–Crippen MR) is 153 cm³/mol. The molecule has 1 aliphatic carbocycles. The minimum absolute atomic E-state index is 0.0787. The molecule has 0 aromatic heterocycles. The van der Waals surface area contributed by atoms with E-state index in [0.29, 0.717) is 41.6 Å². The topological polar surface area (TPSA) is 148 Å². The Bertz CT molecular complexity index is 1430. The second kappa shape index (κ2) is 12.6. The number of carbonyl (C=O) groups excluding carboxylic acids is 2. The van der Waals surface area contributed by atoms with Gasteiger partial charge in [0, 0.05) is 29.8 Å². The van der Waals surface area contributed by atoms with Gasteiger partial charge in [-0.05, 0) is 73.2 Å². The Kier molecular flexibility index (Phi) is 9.01. The standard InChI is InChI=1S/C31H33N3O7/c1-20-17-24(34(39)40)11-14-26(20)28(35)32-23-9-5-21(6-10-23)18-27(29(36)37)33-30(38)31(15-3-4-16-31)19-22-7-12-25(41-2)13-8-22/h5-14,17,27H,3-4,15-16,18-19H2,1-2H3,(H,32,35)(H,33,38)(H,36,37). The molecule has 0 spiro atoms. The lowest BCUT2D eigenvalue weighted by atomic mass is 9.78. The number of carbonyl (C=O) groups is 3. The molecule has 1 aliphatic rings. The first kappa shape index (κ1) is 29.3. The summed E-state index contributed by atoms with van der Waals surface area (Å²) in [6.45, 7) is 1.62. The summed E-state index contributed by atoms with van der Waals surface area (Å²) in [5.41, 5.74) is 2.19. The van der Waals surface area contributed by atoms with Gasteiger partial charge in [0.2, 0.25) is 5.91 Å². The molecule has 3 aromatic carbocycles. The highest BCUT2D eigenvalue weighted by Gasteiger charge is 2.42. The normalized spacial score (nSPS) is 14.6. The fourth-order valence-electron chi connectivity index (χ4n) is 5.36. The molecule has 1 unspecified atom stereocenters. The van der Waals surface area contributed by atoms with Crippen molar-refractivity contribution in [2.75, 3.05) is 12.4 Å². The molecule has 0 saturated heterocycles. The number of nitro benzene ring substituents is 1. The van der Waals surface area contributed by atoms with Gasteiger partial charge in [0.05, 0.1) is 17.4 Å². The van der Waals surface area contributed by atoms with Crippen molar-refractivity contribution in [1.82, 2.24) is 5.32 Å². The van der Waals surface area contributed by atoms with Crippen LogP contribution in [0.3, 0.4) is 0 Å². The van der Waals surface area contributed by atoms with Gasteiger partial charge < -0.3 is 20.5 Å². The van der Waals surface area contributed by atoms with Crippen LogP contribution in [0.2, 0.25) is 0 Å². The molecule has 0 aliphatic heterocycles. The number of nitro groups is 1. The van der Waals surface area contributed by atoms with E-state index in [-0.39, 0.29) is 18.0 Å². The lowest BCUT2D eigenvalue weighted by Gasteiger charge is -2.29. The molecule has 1 atom stereocenters. The summed E-state index contributed by atoms with van der Waals surface area (Å²) in [5.74, 6) is -1.06. The number of benzene rings is 3. The van der Waals surface area contributed by atoms with Gasteiger partial charge in [-0.25, -0.2) is 4.79 Å². The second-order valence-electron chi connectivity index (χ2n) is 10.5. The highest BCUT2D eigenvalue weighted by atomic mass is 16.6. The molecule has 3 aromatic rings. The van der Waals surface area contributed by atoms with Crippen LogP contribution in [-0.4, -0.2) is 41.0 Å². The third kappa shape index (κ3) is 7.08. The van der Waals surface area contributed by atoms with Gasteiger partial charge in [0.25, 0.3) is 11.6 Å². The van der Waals surface area contributed by atoms with Gasteiger partial charge in [0.1, 0.15) is 11.8 Å². The molecule has 4 rings (SSSR count). The number of methoxy groups -OCH3 is 1. The Morgan fingerprint density at radius 3 is 2.20 bits per heavy atom. The van der Waals surface area contributed by atoms with Crippen LogP contribution in [0, 0.1) is 22.5 Å². The van der Waals surface area contributed by atoms with Crippen LogP contribution < -0.4 is 15.4 Å². The zero-order valence-corrected chi connectivity index (χ0v) is 23.0. The van der Waals surface area contributed by atoms with Crippen molar-refractivity contribution in [3.8, 4) is 5.75 Å². The summed E-state index contributed by atoms with van der Waals surface area (Å²) in [4.78, 5) is 48.8. The van der Waals surface area contributed by atoms with E-state index in [1.165, 1.54) is 18.2 Å². The quantitative estimate of drug-likeness (QED) is 0.219. The predicted octanol–water partition coefficient (Wildman–Crippen LogP) is 5.08. The van der Waals surface area contributed by atoms with E-state index in [1.807, 2.05) is 24.3 Å². The maximum absolute atomic E-state index is 13.5. The zero-order chi connectivity index (χ0) is 29.6. The fraction of sp³-hybridized carbons (Fsp3) is 0.323. The maximum atomic E-state index is 13.5. The number of nitrogens with one attached hydrogen (secondary N) is 2. The number of carboxylic acids is 1. The number of rotatable bonds is 11. The summed E-state index contributed by atoms with van der Waals surface area (Å²) in [6.07, 6.45) is 3.81. The first-order valence-electron chi connectivity index (χ1n) is 13.4. The summed E-state index contributed by atoms with van der Waals surface area (Å²) in [5, 5.41) is 26.4. The second-order valence-corrected chi connectivity index (χ2v) is 10.5. The van der Waals surface area contributed by atoms with Crippen molar-refractivity contribution in [3.05, 3.63) is 99.1 Å². The zero-order valence-electron chi connectivity index (χ0n) is 23.0. The van der Waals surface area contributed by atoms with Crippen LogP contribution in [0.25, 0.3) is 0 Å². The molecule has 3 N–H and O–H groups in total. The lowest BCUT2D eigenvalue weighted by molar-refractivity contribution is -0.384. The van der Waals surface area contributed by atoms with E-state index < -0.39 is 28.3 Å². The lowest BCUT2D eigenvalue weighted by Crippen LogP contribution is -2.49. The molecule has 2 amide bonds. The van der Waals surface area contributed by atoms with Gasteiger partial charge in [0.15, 0.2) is 0 Å². The van der Waals surface area contributed by atoms with Crippen LogP contribution in [-0.2, 0) is 22.4 Å². The van der Waals surface area contributed by atoms with Crippen molar-refractivity contribution >= 4 is 29.2 Å². The van der Waals surface area contributed by atoms with Crippen molar-refractivity contribution in [2.45, 2.75) is 51.5 Å². The first-order valence-corrected chi connectivity index (χ1v) is 13.4. The van der Waals surface area contributed by atoms with Crippen LogP contribution in [0.4, 0.5) is 11.4 Å². The molecule has 0 radical (unpaired) electrons. The largest absolute Gasteiger partial charge is 0.497 e. The summed E-state index contributed by atoms with van der Waals surface area (Å²) in [6, 6.07) is 17.2. The Morgan fingerprint density at radius 1 is 1.00 bits per heavy atom. The number of anilines is 1. The maximum Gasteiger partial charge on any atom is 0.326 e. The molecular formula is C31H33N3O7. The van der Waals surface area contributed by atoms with Gasteiger partial charge in [-0.2, -0.15) is 0 Å². The highest BCUT2D eigenvalue weighted by molar-refractivity contribution is 6.05. The van der Waals surface area contributed by atoms with Crippen molar-refractivity contribution < 1.29 is 29.2 Å². The Morgan fingerprint density at radius 2 is 1.63 bits per heavy atom. The monoisotopic (exact) mass is 559 g/mol. The Labute approximate surface area is 237 Å². The summed E-state index contributed by atoms with van der Waals surface area (Å²) in [7, 11) is 1.60. The van der Waals surface area contributed by atoms with Crippen molar-refractivity contribution in [1.29, 1.82) is 0 Å².